The first kappa shape index (κ1) is 14.0. The van der Waals surface area contributed by atoms with Gasteiger partial charge in [0.15, 0.2) is 6.10 Å². The van der Waals surface area contributed by atoms with E-state index < -0.39 is 18.3 Å². The lowest BCUT2D eigenvalue weighted by molar-refractivity contribution is -0.208. The van der Waals surface area contributed by atoms with Crippen LogP contribution in [0.15, 0.2) is 24.3 Å². The zero-order chi connectivity index (χ0) is 14.0. The fourth-order valence-electron chi connectivity index (χ4n) is 1.69. The third kappa shape index (κ3) is 4.05. The molecule has 2 N–H and O–H groups in total. The zero-order valence-corrected chi connectivity index (χ0v) is 10.5. The Labute approximate surface area is 113 Å². The molecule has 6 heteroatoms. The van der Waals surface area contributed by atoms with Crippen LogP contribution in [0.5, 0.6) is 0 Å². The molecule has 0 saturated carbocycles. The Kier molecular flexibility index (Phi) is 3.93. The number of halogens is 4. The van der Waals surface area contributed by atoms with E-state index in [2.05, 4.69) is 17.2 Å². The number of hydrogen-bond donors (Lipinski definition) is 2. The van der Waals surface area contributed by atoms with Crippen molar-refractivity contribution in [1.82, 2.24) is 0 Å². The standard InChI is InChI=1S/C13H11ClF3NO/c14-9-3-5-10(6-4-9)18-11(7-8-1-2-8)12(19)13(15,16)17/h3-6,8,11-12,18-19H,7H2/t11-,12?/m1/s1. The van der Waals surface area contributed by atoms with Crippen molar-refractivity contribution in [3.8, 4) is 11.8 Å². The van der Waals surface area contributed by atoms with E-state index in [1.807, 2.05) is 0 Å². The molecule has 0 amide bonds. The summed E-state index contributed by atoms with van der Waals surface area (Å²) in [7, 11) is 0. The smallest absolute Gasteiger partial charge is 0.382 e. The summed E-state index contributed by atoms with van der Waals surface area (Å²) < 4.78 is 37.8. The van der Waals surface area contributed by atoms with E-state index in [0.29, 0.717) is 10.7 Å². The average molecular weight is 290 g/mol. The van der Waals surface area contributed by atoms with Crippen LogP contribution >= 0.6 is 11.6 Å². The molecule has 0 bridgehead atoms. The number of nitrogens with one attached hydrogen (secondary N) is 1. The Balaban J connectivity index is 2.06. The maximum absolute atomic E-state index is 12.6. The van der Waals surface area contributed by atoms with Gasteiger partial charge in [0.1, 0.15) is 0 Å². The lowest BCUT2D eigenvalue weighted by Gasteiger charge is -2.26. The molecular weight excluding hydrogens is 279 g/mol. The Morgan fingerprint density at radius 3 is 2.32 bits per heavy atom. The second kappa shape index (κ2) is 5.32. The molecule has 2 nitrogen and oxygen atoms in total. The summed E-state index contributed by atoms with van der Waals surface area (Å²) in [5.74, 6) is 5.13. The molecule has 2 atom stereocenters. The fraction of sp³-hybridized carbons (Fsp3) is 0.385. The highest BCUT2D eigenvalue weighted by Gasteiger charge is 2.44. The van der Waals surface area contributed by atoms with Gasteiger partial charge in [-0.05, 0) is 30.7 Å². The number of anilines is 1. The zero-order valence-electron chi connectivity index (χ0n) is 9.71. The molecule has 1 unspecified atom stereocenters. The third-order valence-corrected chi connectivity index (χ3v) is 3.00. The molecule has 19 heavy (non-hydrogen) atoms. The third-order valence-electron chi connectivity index (χ3n) is 2.75. The van der Waals surface area contributed by atoms with Crippen molar-refractivity contribution in [3.63, 3.8) is 0 Å². The van der Waals surface area contributed by atoms with Crippen molar-refractivity contribution < 1.29 is 18.3 Å². The number of rotatable bonds is 5. The highest BCUT2D eigenvalue weighted by Crippen LogP contribution is 2.29. The van der Waals surface area contributed by atoms with Gasteiger partial charge in [-0.25, -0.2) is 0 Å². The maximum atomic E-state index is 12.6. The quantitative estimate of drug-likeness (QED) is 0.817. The van der Waals surface area contributed by atoms with Crippen LogP contribution in [0.4, 0.5) is 18.9 Å². The molecule has 0 fully saturated rings. The maximum Gasteiger partial charge on any atom is 0.416 e. The first-order chi connectivity index (χ1) is 8.86. The molecule has 2 rings (SSSR count). The topological polar surface area (TPSA) is 32.3 Å². The summed E-state index contributed by atoms with van der Waals surface area (Å²) in [5, 5.41) is 12.5. The minimum Gasteiger partial charge on any atom is -0.382 e. The summed E-state index contributed by atoms with van der Waals surface area (Å²) in [6.07, 6.45) is -7.00. The predicted octanol–water partition coefficient (Wildman–Crippen LogP) is 3.07. The molecule has 1 aliphatic carbocycles. The van der Waals surface area contributed by atoms with Crippen LogP contribution in [0.25, 0.3) is 0 Å². The molecule has 102 valence electrons. The second-order valence-electron chi connectivity index (χ2n) is 4.32. The van der Waals surface area contributed by atoms with E-state index >= 15 is 0 Å². The van der Waals surface area contributed by atoms with E-state index in [1.54, 1.807) is 24.3 Å². The molecule has 0 heterocycles. The van der Waals surface area contributed by atoms with Crippen LogP contribution in [-0.4, -0.2) is 23.4 Å². The molecule has 1 aromatic rings. The minimum absolute atomic E-state index is 0.100. The van der Waals surface area contributed by atoms with Crippen LogP contribution in [-0.2, 0) is 0 Å². The van der Waals surface area contributed by atoms with Gasteiger partial charge in [-0.1, -0.05) is 23.4 Å². The van der Waals surface area contributed by atoms with Crippen molar-refractivity contribution in [2.75, 3.05) is 5.32 Å². The first-order valence-corrected chi connectivity index (χ1v) is 6.02. The largest absolute Gasteiger partial charge is 0.416 e. The lowest BCUT2D eigenvalue weighted by Crippen LogP contribution is -2.44. The Hall–Kier alpha value is -1.38. The van der Waals surface area contributed by atoms with Crippen LogP contribution in [0.3, 0.4) is 0 Å². The van der Waals surface area contributed by atoms with Gasteiger partial charge in [-0.2, -0.15) is 13.2 Å². The molecule has 0 aromatic heterocycles. The van der Waals surface area contributed by atoms with Crippen LogP contribution < -0.4 is 5.32 Å². The van der Waals surface area contributed by atoms with E-state index in [9.17, 15) is 18.3 Å². The van der Waals surface area contributed by atoms with Crippen molar-refractivity contribution in [2.24, 2.45) is 5.92 Å². The van der Waals surface area contributed by atoms with Crippen molar-refractivity contribution >= 4 is 17.3 Å². The molecule has 0 aliphatic heterocycles. The van der Waals surface area contributed by atoms with Gasteiger partial charge < -0.3 is 10.4 Å². The number of hydrogen-bond acceptors (Lipinski definition) is 2. The van der Waals surface area contributed by atoms with Gasteiger partial charge >= 0.3 is 6.18 Å². The van der Waals surface area contributed by atoms with E-state index in [1.165, 1.54) is 0 Å². The Morgan fingerprint density at radius 2 is 1.84 bits per heavy atom. The van der Waals surface area contributed by atoms with Gasteiger partial charge in [0.05, 0.1) is 12.0 Å². The van der Waals surface area contributed by atoms with E-state index in [0.717, 1.165) is 0 Å². The molecular formula is C13H11ClF3NO. The highest BCUT2D eigenvalue weighted by molar-refractivity contribution is 6.30. The molecule has 0 saturated heterocycles. The lowest BCUT2D eigenvalue weighted by atomic mass is 10.0. The molecule has 0 spiro atoms. The first-order valence-electron chi connectivity index (χ1n) is 5.64. The van der Waals surface area contributed by atoms with Gasteiger partial charge in [-0.15, -0.1) is 0 Å². The summed E-state index contributed by atoms with van der Waals surface area (Å²) in [6.45, 7) is 0. The summed E-state index contributed by atoms with van der Waals surface area (Å²) in [5.41, 5.74) is 0.471. The van der Waals surface area contributed by atoms with Gasteiger partial charge in [-0.3, -0.25) is 0 Å². The van der Waals surface area contributed by atoms with Crippen LogP contribution in [0.2, 0.25) is 5.02 Å². The van der Waals surface area contributed by atoms with Crippen LogP contribution in [0, 0.1) is 17.8 Å². The Morgan fingerprint density at radius 1 is 1.26 bits per heavy atom. The molecule has 1 aromatic carbocycles. The Bertz CT molecular complexity index is 495. The van der Waals surface area contributed by atoms with Gasteiger partial charge in [0, 0.05) is 10.7 Å². The molecule has 0 radical (unpaired) electrons. The normalized spacial score (nSPS) is 17.3. The van der Waals surface area contributed by atoms with Crippen molar-refractivity contribution in [1.29, 1.82) is 0 Å². The molecule has 1 aliphatic rings. The van der Waals surface area contributed by atoms with E-state index in [4.69, 9.17) is 11.6 Å². The number of aliphatic hydroxyl groups is 1. The monoisotopic (exact) mass is 289 g/mol. The SMILES string of the molecule is OC([C@@H](CC1C#C1)Nc1ccc(Cl)cc1)C(F)(F)F. The summed E-state index contributed by atoms with van der Waals surface area (Å²) in [4.78, 5) is 0. The fourth-order valence-corrected chi connectivity index (χ4v) is 1.81. The number of alkyl halides is 3. The summed E-state index contributed by atoms with van der Waals surface area (Å²) >= 11 is 5.70. The average Bonchev–Trinajstić information content (AvgIpc) is 3.13. The van der Waals surface area contributed by atoms with Crippen molar-refractivity contribution in [3.05, 3.63) is 29.3 Å². The van der Waals surface area contributed by atoms with Crippen molar-refractivity contribution in [2.45, 2.75) is 24.7 Å². The number of benzene rings is 1. The summed E-state index contributed by atoms with van der Waals surface area (Å²) in [6, 6.07) is 5.11. The second-order valence-corrected chi connectivity index (χ2v) is 4.76. The predicted molar refractivity (Wildman–Crippen MR) is 66.8 cm³/mol. The number of aliphatic hydroxyl groups excluding tert-OH is 1. The van der Waals surface area contributed by atoms with Gasteiger partial charge in [0.25, 0.3) is 0 Å². The highest BCUT2D eigenvalue weighted by atomic mass is 35.5. The van der Waals surface area contributed by atoms with Gasteiger partial charge in [0.2, 0.25) is 0 Å². The van der Waals surface area contributed by atoms with Crippen LogP contribution in [0.1, 0.15) is 6.42 Å². The minimum atomic E-state index is -4.67. The van der Waals surface area contributed by atoms with E-state index in [-0.39, 0.29) is 12.3 Å².